The fourth-order valence-corrected chi connectivity index (χ4v) is 6.96. The molecule has 0 saturated carbocycles. The van der Waals surface area contributed by atoms with Crippen molar-refractivity contribution < 1.29 is 28.6 Å². The van der Waals surface area contributed by atoms with Crippen LogP contribution in [0.2, 0.25) is 5.02 Å². The number of nitrogens with one attached hydrogen (secondary N) is 1. The third-order valence-electron chi connectivity index (χ3n) is 7.13. The SMILES string of the molecule is CC(C)(O[C@H]1CCCN1c1ncc(CCC(=O)O)s1)C(=O)Cc1cc(Cl)c(NC(=O)c2csc3ccccc23)cc1F. The van der Waals surface area contributed by atoms with Crippen LogP contribution in [0.5, 0.6) is 0 Å². The van der Waals surface area contributed by atoms with Crippen LogP contribution in [0.25, 0.3) is 10.1 Å². The van der Waals surface area contributed by atoms with Gasteiger partial charge >= 0.3 is 5.97 Å². The number of carboxylic acids is 1. The van der Waals surface area contributed by atoms with Crippen LogP contribution in [0.1, 0.15) is 53.9 Å². The maximum atomic E-state index is 15.2. The number of thiazole rings is 1. The Bertz CT molecular complexity index is 1650. The molecule has 42 heavy (non-hydrogen) atoms. The number of rotatable bonds is 11. The van der Waals surface area contributed by atoms with E-state index in [1.807, 2.05) is 29.2 Å². The highest BCUT2D eigenvalue weighted by molar-refractivity contribution is 7.17. The zero-order valence-corrected chi connectivity index (χ0v) is 25.4. The summed E-state index contributed by atoms with van der Waals surface area (Å²) >= 11 is 9.28. The molecule has 12 heteroatoms. The number of aryl methyl sites for hydroxylation is 1. The minimum absolute atomic E-state index is 0.0305. The second-order valence-electron chi connectivity index (χ2n) is 10.5. The molecule has 2 aromatic heterocycles. The van der Waals surface area contributed by atoms with Crippen LogP contribution in [0.4, 0.5) is 15.2 Å². The average molecular weight is 630 g/mol. The minimum Gasteiger partial charge on any atom is -0.481 e. The van der Waals surface area contributed by atoms with E-state index in [-0.39, 0.29) is 34.9 Å². The van der Waals surface area contributed by atoms with Crippen molar-refractivity contribution in [1.29, 1.82) is 0 Å². The smallest absolute Gasteiger partial charge is 0.303 e. The van der Waals surface area contributed by atoms with Crippen molar-refractivity contribution in [1.82, 2.24) is 4.98 Å². The molecule has 0 aliphatic carbocycles. The van der Waals surface area contributed by atoms with Gasteiger partial charge in [0.2, 0.25) is 0 Å². The number of hydrogen-bond donors (Lipinski definition) is 2. The number of thiophene rings is 1. The molecule has 2 N–H and O–H groups in total. The zero-order valence-electron chi connectivity index (χ0n) is 23.0. The molecule has 0 bridgehead atoms. The van der Waals surface area contributed by atoms with Gasteiger partial charge in [0.15, 0.2) is 10.9 Å². The molecule has 8 nitrogen and oxygen atoms in total. The first-order valence-corrected chi connectivity index (χ1v) is 15.5. The molecule has 5 rings (SSSR count). The van der Waals surface area contributed by atoms with E-state index in [2.05, 4.69) is 10.3 Å². The predicted octanol–water partition coefficient (Wildman–Crippen LogP) is 6.95. The Labute approximate surface area is 255 Å². The van der Waals surface area contributed by atoms with E-state index in [0.717, 1.165) is 27.5 Å². The van der Waals surface area contributed by atoms with E-state index >= 15 is 4.39 Å². The van der Waals surface area contributed by atoms with Gasteiger partial charge in [-0.15, -0.1) is 22.7 Å². The first kappa shape index (κ1) is 30.1. The normalized spacial score (nSPS) is 15.3. The number of fused-ring (bicyclic) bond motifs is 1. The Morgan fingerprint density at radius 1 is 1.26 bits per heavy atom. The number of aromatic nitrogens is 1. The van der Waals surface area contributed by atoms with E-state index < -0.39 is 29.5 Å². The van der Waals surface area contributed by atoms with Crippen molar-refractivity contribution >= 4 is 72.8 Å². The van der Waals surface area contributed by atoms with Crippen LogP contribution in [0.15, 0.2) is 48.0 Å². The van der Waals surface area contributed by atoms with Crippen molar-refractivity contribution in [2.45, 2.75) is 57.8 Å². The van der Waals surface area contributed by atoms with Crippen molar-refractivity contribution in [3.05, 3.63) is 74.8 Å². The van der Waals surface area contributed by atoms with Gasteiger partial charge in [-0.25, -0.2) is 9.37 Å². The highest BCUT2D eigenvalue weighted by Gasteiger charge is 2.37. The van der Waals surface area contributed by atoms with Crippen molar-refractivity contribution in [2.75, 3.05) is 16.8 Å². The van der Waals surface area contributed by atoms with Crippen LogP contribution >= 0.6 is 34.3 Å². The number of halogens is 2. The number of carbonyl (C=O) groups is 3. The number of nitrogens with zero attached hydrogens (tertiary/aromatic N) is 2. The maximum Gasteiger partial charge on any atom is 0.303 e. The number of Topliss-reactive ketones (excluding diaryl/α,β-unsaturated/α-hetero) is 1. The quantitative estimate of drug-likeness (QED) is 0.185. The van der Waals surface area contributed by atoms with Crippen LogP contribution in [-0.4, -0.2) is 46.1 Å². The lowest BCUT2D eigenvalue weighted by Gasteiger charge is -2.32. The summed E-state index contributed by atoms with van der Waals surface area (Å²) in [5.41, 5.74) is -0.538. The van der Waals surface area contributed by atoms with Crippen molar-refractivity contribution in [3.8, 4) is 0 Å². The predicted molar refractivity (Wildman–Crippen MR) is 164 cm³/mol. The third kappa shape index (κ3) is 6.64. The molecule has 1 atom stereocenters. The number of anilines is 2. The molecule has 0 radical (unpaired) electrons. The molecule has 1 saturated heterocycles. The lowest BCUT2D eigenvalue weighted by atomic mass is 9.96. The summed E-state index contributed by atoms with van der Waals surface area (Å²) in [6, 6.07) is 10.0. The largest absolute Gasteiger partial charge is 0.481 e. The number of hydrogen-bond acceptors (Lipinski definition) is 8. The zero-order chi connectivity index (χ0) is 30.0. The molecule has 0 unspecified atom stereocenters. The molecule has 220 valence electrons. The van der Waals surface area contributed by atoms with Crippen LogP contribution in [0, 0.1) is 5.82 Å². The second-order valence-corrected chi connectivity index (χ2v) is 13.0. The van der Waals surface area contributed by atoms with Gasteiger partial charge in [-0.3, -0.25) is 14.4 Å². The molecule has 4 aromatic rings. The number of benzene rings is 2. The Kier molecular flexibility index (Phi) is 8.93. The van der Waals surface area contributed by atoms with Gasteiger partial charge in [-0.1, -0.05) is 29.8 Å². The number of aliphatic carboxylic acids is 1. The Hall–Kier alpha value is -3.38. The van der Waals surface area contributed by atoms with Gasteiger partial charge < -0.3 is 20.1 Å². The summed E-state index contributed by atoms with van der Waals surface area (Å²) in [6.45, 7) is 4.01. The second kappa shape index (κ2) is 12.5. The maximum absolute atomic E-state index is 15.2. The highest BCUT2D eigenvalue weighted by atomic mass is 35.5. The van der Waals surface area contributed by atoms with Gasteiger partial charge in [-0.05, 0) is 56.9 Å². The summed E-state index contributed by atoms with van der Waals surface area (Å²) in [7, 11) is 0. The molecule has 1 aliphatic rings. The molecular formula is C30H29ClFN3O5S2. The van der Waals surface area contributed by atoms with Crippen LogP contribution in [-0.2, 0) is 27.2 Å². The van der Waals surface area contributed by atoms with E-state index in [0.29, 0.717) is 30.1 Å². The van der Waals surface area contributed by atoms with Gasteiger partial charge in [0.25, 0.3) is 5.91 Å². The molecule has 3 heterocycles. The van der Waals surface area contributed by atoms with E-state index in [1.54, 1.807) is 25.4 Å². The van der Waals surface area contributed by atoms with E-state index in [9.17, 15) is 14.4 Å². The van der Waals surface area contributed by atoms with Gasteiger partial charge in [0.1, 0.15) is 17.6 Å². The molecule has 1 fully saturated rings. The first-order chi connectivity index (χ1) is 20.0. The summed E-state index contributed by atoms with van der Waals surface area (Å²) in [6.07, 6.45) is 3.00. The summed E-state index contributed by atoms with van der Waals surface area (Å²) in [4.78, 5) is 44.4. The van der Waals surface area contributed by atoms with Crippen LogP contribution in [0.3, 0.4) is 0 Å². The number of carbonyl (C=O) groups excluding carboxylic acids is 2. The minimum atomic E-state index is -1.23. The summed E-state index contributed by atoms with van der Waals surface area (Å²) in [5.74, 6) is -2.25. The topological polar surface area (TPSA) is 109 Å². The molecular weight excluding hydrogens is 601 g/mol. The number of carboxylic acid groups (broad SMARTS) is 1. The monoisotopic (exact) mass is 629 g/mol. The lowest BCUT2D eigenvalue weighted by Crippen LogP contribution is -2.44. The third-order valence-corrected chi connectivity index (χ3v) is 9.50. The Morgan fingerprint density at radius 2 is 2.05 bits per heavy atom. The van der Waals surface area contributed by atoms with Crippen molar-refractivity contribution in [3.63, 3.8) is 0 Å². The van der Waals surface area contributed by atoms with Gasteiger partial charge in [0.05, 0.1) is 22.7 Å². The number of amides is 1. The Balaban J connectivity index is 1.24. The Morgan fingerprint density at radius 3 is 2.83 bits per heavy atom. The fourth-order valence-electron chi connectivity index (χ4n) is 4.81. The van der Waals surface area contributed by atoms with E-state index in [1.165, 1.54) is 28.7 Å². The highest BCUT2D eigenvalue weighted by Crippen LogP contribution is 2.34. The summed E-state index contributed by atoms with van der Waals surface area (Å²) < 4.78 is 22.4. The molecule has 0 spiro atoms. The van der Waals surface area contributed by atoms with Crippen molar-refractivity contribution in [2.24, 2.45) is 0 Å². The summed E-state index contributed by atoms with van der Waals surface area (Å²) in [5, 5.41) is 15.0. The van der Waals surface area contributed by atoms with Gasteiger partial charge in [0, 0.05) is 39.5 Å². The van der Waals surface area contributed by atoms with E-state index in [4.69, 9.17) is 21.4 Å². The fraction of sp³-hybridized carbons (Fsp3) is 0.333. The number of ketones is 1. The molecule has 1 aliphatic heterocycles. The van der Waals surface area contributed by atoms with Crippen LogP contribution < -0.4 is 10.2 Å². The van der Waals surface area contributed by atoms with Gasteiger partial charge in [-0.2, -0.15) is 0 Å². The molecule has 2 aromatic carbocycles. The lowest BCUT2D eigenvalue weighted by molar-refractivity contribution is -0.146. The first-order valence-electron chi connectivity index (χ1n) is 13.4. The standard InChI is InChI=1S/C30H29ClFN3O5S2/c1-30(2,40-26-8-5-11-35(26)29-33-15-18(42-29)9-10-27(37)38)25(36)13-17-12-21(31)23(14-22(17)32)34-28(39)20-16-41-24-7-4-3-6-19(20)24/h3-4,6-7,12,14-16,26H,5,8-11,13H2,1-2H3,(H,34,39)(H,37,38)/t26-/m0/s1. The number of ether oxygens (including phenoxy) is 1. The molecule has 1 amide bonds. The average Bonchev–Trinajstić information content (AvgIpc) is 3.69.